The fourth-order valence-corrected chi connectivity index (χ4v) is 2.58. The van der Waals surface area contributed by atoms with Crippen molar-refractivity contribution >= 4 is 11.8 Å². The fraction of sp³-hybridized carbons (Fsp3) is 0.867. The minimum atomic E-state index is -0.390. The molecule has 116 valence electrons. The fourth-order valence-electron chi connectivity index (χ4n) is 2.58. The molecule has 0 aromatic carbocycles. The molecule has 1 heterocycles. The number of piperidine rings is 1. The Hall–Kier alpha value is -1.10. The summed E-state index contributed by atoms with van der Waals surface area (Å²) in [6, 6.07) is 0. The Kier molecular flexibility index (Phi) is 6.99. The van der Waals surface area contributed by atoms with Crippen LogP contribution in [0, 0.1) is 5.92 Å². The smallest absolute Gasteiger partial charge is 0.227 e. The molecule has 1 fully saturated rings. The molecule has 0 bridgehead atoms. The van der Waals surface area contributed by atoms with Gasteiger partial charge in [0.05, 0.1) is 12.0 Å². The second kappa shape index (κ2) is 8.25. The van der Waals surface area contributed by atoms with Crippen LogP contribution in [0.2, 0.25) is 0 Å². The molecule has 2 unspecified atom stereocenters. The molecule has 20 heavy (non-hydrogen) atoms. The molecule has 5 heteroatoms. The van der Waals surface area contributed by atoms with Crippen LogP contribution in [0.5, 0.6) is 0 Å². The summed E-state index contributed by atoms with van der Waals surface area (Å²) in [4.78, 5) is 27.8. The van der Waals surface area contributed by atoms with E-state index in [1.165, 1.54) is 0 Å². The van der Waals surface area contributed by atoms with Gasteiger partial charge in [-0.25, -0.2) is 0 Å². The monoisotopic (exact) mass is 284 g/mol. The summed E-state index contributed by atoms with van der Waals surface area (Å²) in [7, 11) is 1.78. The molecular weight excluding hydrogens is 256 g/mol. The SMILES string of the molecule is CCCC(=O)N1CCCC(C(=O)N(C)CCC(C)O)C1. The van der Waals surface area contributed by atoms with Gasteiger partial charge >= 0.3 is 0 Å². The van der Waals surface area contributed by atoms with E-state index in [1.54, 1.807) is 18.9 Å². The van der Waals surface area contributed by atoms with E-state index in [4.69, 9.17) is 0 Å². The first-order chi connectivity index (χ1) is 9.45. The predicted octanol–water partition coefficient (Wildman–Crippen LogP) is 1.25. The van der Waals surface area contributed by atoms with Crippen molar-refractivity contribution in [1.29, 1.82) is 0 Å². The maximum atomic E-state index is 12.3. The average Bonchev–Trinajstić information content (AvgIpc) is 2.44. The van der Waals surface area contributed by atoms with E-state index >= 15 is 0 Å². The highest BCUT2D eigenvalue weighted by Crippen LogP contribution is 2.19. The number of carbonyl (C=O) groups excluding carboxylic acids is 2. The Morgan fingerprint density at radius 2 is 2.15 bits per heavy atom. The quantitative estimate of drug-likeness (QED) is 0.798. The summed E-state index contributed by atoms with van der Waals surface area (Å²) < 4.78 is 0. The van der Waals surface area contributed by atoms with Crippen LogP contribution >= 0.6 is 0 Å². The maximum absolute atomic E-state index is 12.3. The molecule has 1 saturated heterocycles. The van der Waals surface area contributed by atoms with E-state index in [0.29, 0.717) is 25.9 Å². The molecule has 1 aliphatic rings. The van der Waals surface area contributed by atoms with Gasteiger partial charge in [0.2, 0.25) is 11.8 Å². The first-order valence-corrected chi connectivity index (χ1v) is 7.66. The van der Waals surface area contributed by atoms with Crippen LogP contribution in [0.1, 0.15) is 46.0 Å². The summed E-state index contributed by atoms with van der Waals surface area (Å²) in [6.45, 7) is 5.62. The van der Waals surface area contributed by atoms with Crippen molar-refractivity contribution in [2.75, 3.05) is 26.7 Å². The lowest BCUT2D eigenvalue weighted by Gasteiger charge is -2.34. The van der Waals surface area contributed by atoms with Gasteiger partial charge < -0.3 is 14.9 Å². The van der Waals surface area contributed by atoms with E-state index in [2.05, 4.69) is 0 Å². The predicted molar refractivity (Wildman–Crippen MR) is 78.1 cm³/mol. The molecule has 0 radical (unpaired) electrons. The molecule has 0 aliphatic carbocycles. The second-order valence-corrected chi connectivity index (χ2v) is 5.83. The van der Waals surface area contributed by atoms with Crippen molar-refractivity contribution in [3.05, 3.63) is 0 Å². The molecule has 0 spiro atoms. The van der Waals surface area contributed by atoms with Gasteiger partial charge in [-0.2, -0.15) is 0 Å². The van der Waals surface area contributed by atoms with Gasteiger partial charge in [-0.3, -0.25) is 9.59 Å². The molecule has 2 atom stereocenters. The van der Waals surface area contributed by atoms with Crippen LogP contribution in [0.15, 0.2) is 0 Å². The minimum absolute atomic E-state index is 0.0800. The highest BCUT2D eigenvalue weighted by molar-refractivity contribution is 5.81. The van der Waals surface area contributed by atoms with Gasteiger partial charge in [0.15, 0.2) is 0 Å². The highest BCUT2D eigenvalue weighted by atomic mass is 16.3. The number of carbonyl (C=O) groups is 2. The van der Waals surface area contributed by atoms with E-state index < -0.39 is 0 Å². The van der Waals surface area contributed by atoms with Crippen LogP contribution in [0.3, 0.4) is 0 Å². The highest BCUT2D eigenvalue weighted by Gasteiger charge is 2.29. The summed E-state index contributed by atoms with van der Waals surface area (Å²) in [5.74, 6) is 0.180. The molecule has 0 saturated carbocycles. The van der Waals surface area contributed by atoms with Crippen LogP contribution in [-0.4, -0.2) is 59.5 Å². The van der Waals surface area contributed by atoms with Gasteiger partial charge in [-0.05, 0) is 32.6 Å². The first kappa shape index (κ1) is 17.0. The number of likely N-dealkylation sites (tertiary alicyclic amines) is 1. The lowest BCUT2D eigenvalue weighted by atomic mass is 9.96. The lowest BCUT2D eigenvalue weighted by Crippen LogP contribution is -2.46. The lowest BCUT2D eigenvalue weighted by molar-refractivity contribution is -0.140. The van der Waals surface area contributed by atoms with Gasteiger partial charge in [0, 0.05) is 33.1 Å². The number of rotatable bonds is 6. The van der Waals surface area contributed by atoms with Crippen molar-refractivity contribution in [1.82, 2.24) is 9.80 Å². The molecule has 1 rings (SSSR count). The zero-order valence-electron chi connectivity index (χ0n) is 13.0. The number of hydrogen-bond acceptors (Lipinski definition) is 3. The van der Waals surface area contributed by atoms with E-state index in [9.17, 15) is 14.7 Å². The Morgan fingerprint density at radius 1 is 1.45 bits per heavy atom. The number of hydrogen-bond donors (Lipinski definition) is 1. The summed E-state index contributed by atoms with van der Waals surface area (Å²) in [5.41, 5.74) is 0. The van der Waals surface area contributed by atoms with Crippen molar-refractivity contribution in [2.24, 2.45) is 5.92 Å². The number of aliphatic hydroxyl groups is 1. The molecule has 1 N–H and O–H groups in total. The summed E-state index contributed by atoms with van der Waals surface area (Å²) in [6.07, 6.45) is 3.37. The minimum Gasteiger partial charge on any atom is -0.393 e. The van der Waals surface area contributed by atoms with Crippen molar-refractivity contribution in [3.63, 3.8) is 0 Å². The van der Waals surface area contributed by atoms with Crippen LogP contribution < -0.4 is 0 Å². The van der Waals surface area contributed by atoms with Crippen LogP contribution in [-0.2, 0) is 9.59 Å². The van der Waals surface area contributed by atoms with E-state index in [1.807, 2.05) is 11.8 Å². The second-order valence-electron chi connectivity index (χ2n) is 5.83. The van der Waals surface area contributed by atoms with E-state index in [0.717, 1.165) is 25.8 Å². The summed E-state index contributed by atoms with van der Waals surface area (Å²) in [5, 5.41) is 9.28. The van der Waals surface area contributed by atoms with Crippen LogP contribution in [0.4, 0.5) is 0 Å². The molecular formula is C15H28N2O3. The topological polar surface area (TPSA) is 60.9 Å². The standard InChI is InChI=1S/C15H28N2O3/c1-4-6-14(19)17-9-5-7-13(11-17)15(20)16(3)10-8-12(2)18/h12-13,18H,4-11H2,1-3H3. The number of amides is 2. The third kappa shape index (κ3) is 5.12. The molecule has 0 aromatic rings. The molecule has 5 nitrogen and oxygen atoms in total. The van der Waals surface area contributed by atoms with Gasteiger partial charge in [0.1, 0.15) is 0 Å². The van der Waals surface area contributed by atoms with Crippen molar-refractivity contribution in [3.8, 4) is 0 Å². The molecule has 1 aliphatic heterocycles. The Morgan fingerprint density at radius 3 is 2.75 bits per heavy atom. The zero-order chi connectivity index (χ0) is 15.1. The number of nitrogens with zero attached hydrogens (tertiary/aromatic N) is 2. The van der Waals surface area contributed by atoms with E-state index in [-0.39, 0.29) is 23.8 Å². The molecule has 2 amide bonds. The number of aliphatic hydroxyl groups excluding tert-OH is 1. The Bertz CT molecular complexity index is 331. The normalized spacial score (nSPS) is 20.6. The van der Waals surface area contributed by atoms with Gasteiger partial charge in [0.25, 0.3) is 0 Å². The molecule has 0 aromatic heterocycles. The van der Waals surface area contributed by atoms with Gasteiger partial charge in [-0.1, -0.05) is 6.92 Å². The largest absolute Gasteiger partial charge is 0.393 e. The zero-order valence-corrected chi connectivity index (χ0v) is 13.0. The third-order valence-electron chi connectivity index (χ3n) is 3.85. The first-order valence-electron chi connectivity index (χ1n) is 7.66. The third-order valence-corrected chi connectivity index (χ3v) is 3.85. The van der Waals surface area contributed by atoms with Crippen LogP contribution in [0.25, 0.3) is 0 Å². The average molecular weight is 284 g/mol. The maximum Gasteiger partial charge on any atom is 0.227 e. The Labute approximate surface area is 121 Å². The van der Waals surface area contributed by atoms with Crippen molar-refractivity contribution in [2.45, 2.75) is 52.1 Å². The Balaban J connectivity index is 2.49. The van der Waals surface area contributed by atoms with Gasteiger partial charge in [-0.15, -0.1) is 0 Å². The summed E-state index contributed by atoms with van der Waals surface area (Å²) >= 11 is 0. The van der Waals surface area contributed by atoms with Crippen molar-refractivity contribution < 1.29 is 14.7 Å².